The van der Waals surface area contributed by atoms with Crippen LogP contribution >= 0.6 is 0 Å². The number of carbonyl (C=O) groups is 1. The summed E-state index contributed by atoms with van der Waals surface area (Å²) in [6.07, 6.45) is 2.07. The highest BCUT2D eigenvalue weighted by Crippen LogP contribution is 2.24. The maximum Gasteiger partial charge on any atom is 0.237 e. The Kier molecular flexibility index (Phi) is 4.85. The van der Waals surface area contributed by atoms with Crippen LogP contribution in [0, 0.1) is 0 Å². The van der Waals surface area contributed by atoms with E-state index in [9.17, 15) is 9.90 Å². The number of carbonyl (C=O) groups excluding carboxylic acids is 1. The summed E-state index contributed by atoms with van der Waals surface area (Å²) >= 11 is 0. The molecule has 21 heavy (non-hydrogen) atoms. The zero-order valence-corrected chi connectivity index (χ0v) is 12.6. The van der Waals surface area contributed by atoms with Crippen LogP contribution in [0.5, 0.6) is 5.75 Å². The number of ether oxygens (including phenoxy) is 1. The van der Waals surface area contributed by atoms with Crippen molar-refractivity contribution >= 4 is 5.91 Å². The van der Waals surface area contributed by atoms with Gasteiger partial charge in [-0.3, -0.25) is 4.79 Å². The van der Waals surface area contributed by atoms with Gasteiger partial charge in [0.05, 0.1) is 11.6 Å². The Bertz CT molecular complexity index is 485. The average Bonchev–Trinajstić information content (AvgIpc) is 2.40. The maximum absolute atomic E-state index is 12.2. The number of hydrogen-bond acceptors (Lipinski definition) is 4. The molecule has 1 amide bonds. The third-order valence-corrected chi connectivity index (χ3v) is 3.77. The Hall–Kier alpha value is -1.59. The summed E-state index contributed by atoms with van der Waals surface area (Å²) in [4.78, 5) is 12.2. The van der Waals surface area contributed by atoms with Crippen LogP contribution in [-0.2, 0) is 16.0 Å². The van der Waals surface area contributed by atoms with Crippen LogP contribution in [0.4, 0.5) is 0 Å². The molecule has 1 aromatic rings. The van der Waals surface area contributed by atoms with Crippen molar-refractivity contribution in [1.82, 2.24) is 5.32 Å². The molecule has 1 aliphatic rings. The van der Waals surface area contributed by atoms with Crippen LogP contribution < -0.4 is 11.1 Å². The summed E-state index contributed by atoms with van der Waals surface area (Å²) in [6.45, 7) is 4.72. The summed E-state index contributed by atoms with van der Waals surface area (Å²) in [5, 5.41) is 12.3. The van der Waals surface area contributed by atoms with Gasteiger partial charge in [-0.1, -0.05) is 12.1 Å². The lowest BCUT2D eigenvalue weighted by molar-refractivity contribution is -0.125. The zero-order valence-electron chi connectivity index (χ0n) is 12.6. The first kappa shape index (κ1) is 15.8. The largest absolute Gasteiger partial charge is 0.508 e. The molecule has 0 radical (unpaired) electrons. The van der Waals surface area contributed by atoms with Crippen molar-refractivity contribution in [3.63, 3.8) is 0 Å². The molecule has 0 spiro atoms. The van der Waals surface area contributed by atoms with Crippen LogP contribution in [0.2, 0.25) is 0 Å². The molecule has 0 bridgehead atoms. The number of benzene rings is 1. The fourth-order valence-corrected chi connectivity index (χ4v) is 2.64. The van der Waals surface area contributed by atoms with Crippen LogP contribution in [0.1, 0.15) is 32.3 Å². The first-order valence-electron chi connectivity index (χ1n) is 7.33. The van der Waals surface area contributed by atoms with Crippen molar-refractivity contribution in [2.75, 3.05) is 6.61 Å². The van der Waals surface area contributed by atoms with Gasteiger partial charge in [0.25, 0.3) is 0 Å². The van der Waals surface area contributed by atoms with Crippen LogP contribution in [-0.4, -0.2) is 35.3 Å². The normalized spacial score (nSPS) is 22.5. The average molecular weight is 292 g/mol. The molecule has 1 saturated heterocycles. The van der Waals surface area contributed by atoms with Crippen molar-refractivity contribution < 1.29 is 14.6 Å². The molecule has 5 nitrogen and oxygen atoms in total. The third-order valence-electron chi connectivity index (χ3n) is 3.77. The predicted octanol–water partition coefficient (Wildman–Crippen LogP) is 1.34. The van der Waals surface area contributed by atoms with Gasteiger partial charge in [0, 0.05) is 12.6 Å². The Morgan fingerprint density at radius 1 is 1.48 bits per heavy atom. The molecule has 1 unspecified atom stereocenters. The second-order valence-electron chi connectivity index (χ2n) is 6.28. The Morgan fingerprint density at radius 3 is 2.76 bits per heavy atom. The molecule has 2 rings (SSSR count). The Balaban J connectivity index is 1.86. The minimum atomic E-state index is -0.583. The van der Waals surface area contributed by atoms with Gasteiger partial charge in [0.2, 0.25) is 5.91 Å². The molecule has 1 fully saturated rings. The van der Waals surface area contributed by atoms with Gasteiger partial charge in [0.15, 0.2) is 0 Å². The van der Waals surface area contributed by atoms with Gasteiger partial charge in [-0.2, -0.15) is 0 Å². The highest BCUT2D eigenvalue weighted by Gasteiger charge is 2.30. The first-order valence-corrected chi connectivity index (χ1v) is 7.33. The summed E-state index contributed by atoms with van der Waals surface area (Å²) in [5.74, 6) is 0.0759. The first-order chi connectivity index (χ1) is 9.85. The molecule has 5 heteroatoms. The van der Waals surface area contributed by atoms with Crippen LogP contribution in [0.15, 0.2) is 24.3 Å². The lowest BCUT2D eigenvalue weighted by Gasteiger charge is -2.36. The third kappa shape index (κ3) is 4.72. The lowest BCUT2D eigenvalue weighted by atomic mass is 9.93. The van der Waals surface area contributed by atoms with Gasteiger partial charge >= 0.3 is 0 Å². The quantitative estimate of drug-likeness (QED) is 0.782. The SMILES string of the molecule is CC1(C)CC(NC(=O)[C@@H](N)Cc2ccc(O)cc2)CCO1. The monoisotopic (exact) mass is 292 g/mol. The number of phenols is 1. The second kappa shape index (κ2) is 6.45. The Morgan fingerprint density at radius 2 is 2.14 bits per heavy atom. The summed E-state index contributed by atoms with van der Waals surface area (Å²) in [6, 6.07) is 6.29. The zero-order chi connectivity index (χ0) is 15.5. The topological polar surface area (TPSA) is 84.6 Å². The van der Waals surface area contributed by atoms with E-state index >= 15 is 0 Å². The number of rotatable bonds is 4. The summed E-state index contributed by atoms with van der Waals surface area (Å²) in [7, 11) is 0. The van der Waals surface area contributed by atoms with Gasteiger partial charge in [-0.25, -0.2) is 0 Å². The molecular formula is C16H24N2O3. The number of nitrogens with one attached hydrogen (secondary N) is 1. The van der Waals surface area contributed by atoms with E-state index < -0.39 is 6.04 Å². The fourth-order valence-electron chi connectivity index (χ4n) is 2.64. The minimum Gasteiger partial charge on any atom is -0.508 e. The molecule has 0 aliphatic carbocycles. The van der Waals surface area contributed by atoms with Gasteiger partial charge in [0.1, 0.15) is 5.75 Å². The molecule has 4 N–H and O–H groups in total. The van der Waals surface area contributed by atoms with Crippen LogP contribution in [0.3, 0.4) is 0 Å². The molecular weight excluding hydrogens is 268 g/mol. The van der Waals surface area contributed by atoms with Gasteiger partial charge in [-0.15, -0.1) is 0 Å². The standard InChI is InChI=1S/C16H24N2O3/c1-16(2)10-12(7-8-21-16)18-15(20)14(17)9-11-3-5-13(19)6-4-11/h3-6,12,14,19H,7-10,17H2,1-2H3,(H,18,20)/t12?,14-/m0/s1. The van der Waals surface area contributed by atoms with E-state index in [1.807, 2.05) is 13.8 Å². The molecule has 2 atom stereocenters. The smallest absolute Gasteiger partial charge is 0.237 e. The van der Waals surface area contributed by atoms with Crippen molar-refractivity contribution in [2.45, 2.75) is 50.8 Å². The summed E-state index contributed by atoms with van der Waals surface area (Å²) < 4.78 is 5.64. The molecule has 0 aromatic heterocycles. The number of nitrogens with two attached hydrogens (primary N) is 1. The fraction of sp³-hybridized carbons (Fsp3) is 0.562. The molecule has 1 aliphatic heterocycles. The number of hydrogen-bond donors (Lipinski definition) is 3. The van der Waals surface area contributed by atoms with E-state index in [1.54, 1.807) is 24.3 Å². The maximum atomic E-state index is 12.2. The van der Waals surface area contributed by atoms with Gasteiger partial charge < -0.3 is 20.9 Å². The highest BCUT2D eigenvalue weighted by atomic mass is 16.5. The number of amides is 1. The number of phenolic OH excluding ortho intramolecular Hbond substituents is 1. The summed E-state index contributed by atoms with van der Waals surface area (Å²) in [5.41, 5.74) is 6.70. The second-order valence-corrected chi connectivity index (χ2v) is 6.28. The van der Waals surface area contributed by atoms with E-state index in [0.717, 1.165) is 18.4 Å². The van der Waals surface area contributed by atoms with E-state index in [-0.39, 0.29) is 23.3 Å². The van der Waals surface area contributed by atoms with Crippen LogP contribution in [0.25, 0.3) is 0 Å². The molecule has 0 saturated carbocycles. The predicted molar refractivity (Wildman–Crippen MR) is 81.0 cm³/mol. The van der Waals surface area contributed by atoms with Crippen molar-refractivity contribution in [1.29, 1.82) is 0 Å². The molecule has 1 aromatic carbocycles. The van der Waals surface area contributed by atoms with Crippen molar-refractivity contribution in [3.05, 3.63) is 29.8 Å². The number of aromatic hydroxyl groups is 1. The Labute approximate surface area is 125 Å². The van der Waals surface area contributed by atoms with Crippen molar-refractivity contribution in [2.24, 2.45) is 5.73 Å². The van der Waals surface area contributed by atoms with E-state index in [2.05, 4.69) is 5.32 Å². The van der Waals surface area contributed by atoms with Gasteiger partial charge in [-0.05, 0) is 50.8 Å². The minimum absolute atomic E-state index is 0.118. The van der Waals surface area contributed by atoms with E-state index in [1.165, 1.54) is 0 Å². The van der Waals surface area contributed by atoms with Crippen molar-refractivity contribution in [3.8, 4) is 5.75 Å². The van der Waals surface area contributed by atoms with E-state index in [0.29, 0.717) is 13.0 Å². The lowest BCUT2D eigenvalue weighted by Crippen LogP contribution is -2.51. The highest BCUT2D eigenvalue weighted by molar-refractivity contribution is 5.82. The van der Waals surface area contributed by atoms with E-state index in [4.69, 9.17) is 10.5 Å². The molecule has 1 heterocycles. The molecule has 116 valence electrons.